The average molecular weight is 380 g/mol. The molecule has 146 valence electrons. The summed E-state index contributed by atoms with van der Waals surface area (Å²) in [5.41, 5.74) is 3.38. The second kappa shape index (κ2) is 8.16. The summed E-state index contributed by atoms with van der Waals surface area (Å²) in [5.74, 6) is 0.577. The first kappa shape index (κ1) is 18.7. The number of nitrogens with zero attached hydrogens (tertiary/aromatic N) is 6. The molecule has 28 heavy (non-hydrogen) atoms. The number of hydrogen-bond donors (Lipinski definition) is 0. The van der Waals surface area contributed by atoms with E-state index in [1.54, 1.807) is 12.1 Å². The van der Waals surface area contributed by atoms with Crippen molar-refractivity contribution in [2.24, 2.45) is 0 Å². The predicted octanol–water partition coefficient (Wildman–Crippen LogP) is 2.51. The highest BCUT2D eigenvalue weighted by Crippen LogP contribution is 2.28. The highest BCUT2D eigenvalue weighted by Gasteiger charge is 2.29. The summed E-state index contributed by atoms with van der Waals surface area (Å²) in [5, 5.41) is 12.6. The molecule has 1 aliphatic rings. The van der Waals surface area contributed by atoms with Gasteiger partial charge in [0.2, 0.25) is 0 Å². The monoisotopic (exact) mass is 380 g/mol. The molecule has 0 radical (unpaired) electrons. The summed E-state index contributed by atoms with van der Waals surface area (Å²) >= 11 is 0. The number of piperazine rings is 1. The Labute approximate surface area is 164 Å². The topological polar surface area (TPSA) is 50.1 Å². The van der Waals surface area contributed by atoms with Gasteiger partial charge in [-0.25, -0.2) is 9.07 Å². The fourth-order valence-corrected chi connectivity index (χ4v) is 3.63. The molecule has 4 rings (SSSR count). The maximum atomic E-state index is 13.2. The Bertz CT molecular complexity index is 897. The molecule has 0 N–H and O–H groups in total. The van der Waals surface area contributed by atoms with E-state index in [0.717, 1.165) is 37.6 Å². The van der Waals surface area contributed by atoms with Crippen LogP contribution in [-0.4, -0.2) is 63.2 Å². The molecular formula is C21H25FN6. The van der Waals surface area contributed by atoms with Crippen LogP contribution in [0.2, 0.25) is 0 Å². The van der Waals surface area contributed by atoms with Gasteiger partial charge in [0.15, 0.2) is 5.82 Å². The summed E-state index contributed by atoms with van der Waals surface area (Å²) in [6.45, 7) is 6.55. The van der Waals surface area contributed by atoms with E-state index in [4.69, 9.17) is 0 Å². The molecule has 1 fully saturated rings. The second-order valence-corrected chi connectivity index (χ2v) is 7.47. The third-order valence-corrected chi connectivity index (χ3v) is 5.35. The van der Waals surface area contributed by atoms with E-state index >= 15 is 0 Å². The standard InChI is InChI=1S/C21H25FN6/c1-16-3-7-18(8-4-16)20(27-13-11-26(2)12-14-27)21-23-24-25-28(21)15-17-5-9-19(22)10-6-17/h3-10,20H,11-15H2,1-2H3/t20-/m1/s1. The first-order chi connectivity index (χ1) is 13.6. The minimum atomic E-state index is -0.240. The van der Waals surface area contributed by atoms with Crippen molar-refractivity contribution >= 4 is 0 Å². The highest BCUT2D eigenvalue weighted by atomic mass is 19.1. The summed E-state index contributed by atoms with van der Waals surface area (Å²) in [6, 6.07) is 15.1. The van der Waals surface area contributed by atoms with Crippen molar-refractivity contribution in [3.8, 4) is 0 Å². The van der Waals surface area contributed by atoms with Crippen molar-refractivity contribution in [1.82, 2.24) is 30.0 Å². The Balaban J connectivity index is 1.67. The lowest BCUT2D eigenvalue weighted by atomic mass is 10.0. The summed E-state index contributed by atoms with van der Waals surface area (Å²) < 4.78 is 15.1. The van der Waals surface area contributed by atoms with Gasteiger partial charge < -0.3 is 4.90 Å². The minimum Gasteiger partial charge on any atom is -0.304 e. The molecule has 0 amide bonds. The zero-order chi connectivity index (χ0) is 19.5. The SMILES string of the molecule is Cc1ccc([C@H](c2nnnn2Cc2ccc(F)cc2)N2CCN(C)CC2)cc1. The van der Waals surface area contributed by atoms with Gasteiger partial charge in [0.25, 0.3) is 0 Å². The lowest BCUT2D eigenvalue weighted by Gasteiger charge is -2.37. The molecule has 0 saturated carbocycles. The molecule has 6 nitrogen and oxygen atoms in total. The van der Waals surface area contributed by atoms with Crippen LogP contribution in [0.15, 0.2) is 48.5 Å². The van der Waals surface area contributed by atoms with Crippen molar-refractivity contribution in [2.75, 3.05) is 33.2 Å². The maximum Gasteiger partial charge on any atom is 0.173 e. The van der Waals surface area contributed by atoms with E-state index in [-0.39, 0.29) is 11.9 Å². The molecule has 0 aliphatic carbocycles. The quantitative estimate of drug-likeness (QED) is 0.681. The lowest BCUT2D eigenvalue weighted by Crippen LogP contribution is -2.46. The molecule has 2 heterocycles. The van der Waals surface area contributed by atoms with Crippen molar-refractivity contribution in [1.29, 1.82) is 0 Å². The van der Waals surface area contributed by atoms with E-state index < -0.39 is 0 Å². The van der Waals surface area contributed by atoms with Crippen LogP contribution in [0.3, 0.4) is 0 Å². The molecule has 1 aliphatic heterocycles. The number of aromatic nitrogens is 4. The second-order valence-electron chi connectivity index (χ2n) is 7.47. The Hall–Kier alpha value is -2.64. The zero-order valence-electron chi connectivity index (χ0n) is 16.3. The Morgan fingerprint density at radius 1 is 0.964 bits per heavy atom. The predicted molar refractivity (Wildman–Crippen MR) is 105 cm³/mol. The van der Waals surface area contributed by atoms with Crippen LogP contribution < -0.4 is 0 Å². The number of halogens is 1. The van der Waals surface area contributed by atoms with E-state index in [9.17, 15) is 4.39 Å². The number of tetrazole rings is 1. The first-order valence-corrected chi connectivity index (χ1v) is 9.60. The number of likely N-dealkylation sites (N-methyl/N-ethyl adjacent to an activating group) is 1. The van der Waals surface area contributed by atoms with Crippen LogP contribution in [-0.2, 0) is 6.54 Å². The van der Waals surface area contributed by atoms with Crippen LogP contribution in [0, 0.1) is 12.7 Å². The molecule has 2 aromatic carbocycles. The van der Waals surface area contributed by atoms with Gasteiger partial charge in [-0.15, -0.1) is 5.10 Å². The van der Waals surface area contributed by atoms with Gasteiger partial charge in [-0.2, -0.15) is 0 Å². The maximum absolute atomic E-state index is 13.2. The van der Waals surface area contributed by atoms with Crippen molar-refractivity contribution in [3.63, 3.8) is 0 Å². The molecule has 1 saturated heterocycles. The van der Waals surface area contributed by atoms with Crippen molar-refractivity contribution in [3.05, 3.63) is 76.9 Å². The minimum absolute atomic E-state index is 0.00949. The number of benzene rings is 2. The molecule has 0 unspecified atom stereocenters. The molecule has 3 aromatic rings. The van der Waals surface area contributed by atoms with E-state index in [2.05, 4.69) is 63.6 Å². The van der Waals surface area contributed by atoms with Crippen molar-refractivity contribution in [2.45, 2.75) is 19.5 Å². The number of rotatable bonds is 5. The smallest absolute Gasteiger partial charge is 0.173 e. The Morgan fingerprint density at radius 3 is 2.32 bits per heavy atom. The molecule has 7 heteroatoms. The van der Waals surface area contributed by atoms with E-state index in [1.165, 1.54) is 23.3 Å². The fourth-order valence-electron chi connectivity index (χ4n) is 3.63. The largest absolute Gasteiger partial charge is 0.304 e. The molecule has 0 bridgehead atoms. The van der Waals surface area contributed by atoms with Gasteiger partial charge in [0.05, 0.1) is 12.6 Å². The fraction of sp³-hybridized carbons (Fsp3) is 0.381. The van der Waals surface area contributed by atoms with Gasteiger partial charge in [-0.05, 0) is 47.7 Å². The first-order valence-electron chi connectivity index (χ1n) is 9.60. The third kappa shape index (κ3) is 4.10. The Kier molecular flexibility index (Phi) is 5.45. The Morgan fingerprint density at radius 2 is 1.64 bits per heavy atom. The highest BCUT2D eigenvalue weighted by molar-refractivity contribution is 5.28. The molecule has 0 spiro atoms. The average Bonchev–Trinajstić information content (AvgIpc) is 3.14. The molecule has 1 atom stereocenters. The van der Waals surface area contributed by atoms with E-state index in [1.807, 2.05) is 4.68 Å². The number of aryl methyl sites for hydroxylation is 1. The summed E-state index contributed by atoms with van der Waals surface area (Å²) in [6.07, 6.45) is 0. The van der Waals surface area contributed by atoms with Gasteiger partial charge in [-0.1, -0.05) is 42.0 Å². The number of hydrogen-bond acceptors (Lipinski definition) is 5. The summed E-state index contributed by atoms with van der Waals surface area (Å²) in [4.78, 5) is 4.78. The van der Waals surface area contributed by atoms with Gasteiger partial charge in [0.1, 0.15) is 5.82 Å². The van der Waals surface area contributed by atoms with Crippen molar-refractivity contribution < 1.29 is 4.39 Å². The van der Waals surface area contributed by atoms with E-state index in [0.29, 0.717) is 6.54 Å². The normalized spacial score (nSPS) is 17.0. The van der Waals surface area contributed by atoms with Gasteiger partial charge in [-0.3, -0.25) is 4.90 Å². The van der Waals surface area contributed by atoms with Crippen LogP contribution in [0.1, 0.15) is 28.6 Å². The molecule has 1 aromatic heterocycles. The van der Waals surface area contributed by atoms with Crippen LogP contribution in [0.5, 0.6) is 0 Å². The summed E-state index contributed by atoms with van der Waals surface area (Å²) in [7, 11) is 2.15. The van der Waals surface area contributed by atoms with Crippen LogP contribution >= 0.6 is 0 Å². The van der Waals surface area contributed by atoms with Crippen LogP contribution in [0.4, 0.5) is 4.39 Å². The molecular weight excluding hydrogens is 355 g/mol. The zero-order valence-corrected chi connectivity index (χ0v) is 16.3. The third-order valence-electron chi connectivity index (χ3n) is 5.35. The van der Waals surface area contributed by atoms with Crippen LogP contribution in [0.25, 0.3) is 0 Å². The van der Waals surface area contributed by atoms with Gasteiger partial charge >= 0.3 is 0 Å². The van der Waals surface area contributed by atoms with Gasteiger partial charge in [0, 0.05) is 26.2 Å². The lowest BCUT2D eigenvalue weighted by molar-refractivity contribution is 0.121.